The van der Waals surface area contributed by atoms with E-state index in [9.17, 15) is 14.4 Å². The predicted octanol–water partition coefficient (Wildman–Crippen LogP) is 2.94. The lowest BCUT2D eigenvalue weighted by Crippen LogP contribution is -2.27. The van der Waals surface area contributed by atoms with Gasteiger partial charge in [0.25, 0.3) is 11.1 Å². The first kappa shape index (κ1) is 20.8. The number of carbonyl (C=O) groups excluding carboxylic acids is 1. The maximum absolute atomic E-state index is 13.0. The fourth-order valence-corrected chi connectivity index (χ4v) is 4.25. The third-order valence-corrected chi connectivity index (χ3v) is 6.03. The van der Waals surface area contributed by atoms with Crippen LogP contribution in [0.5, 0.6) is 0 Å². The molecule has 10 heteroatoms. The molecule has 0 saturated carbocycles. The quantitative estimate of drug-likeness (QED) is 0.342. The van der Waals surface area contributed by atoms with E-state index in [1.165, 1.54) is 33.1 Å². The first-order chi connectivity index (χ1) is 16.1. The smallest absolute Gasteiger partial charge is 0.308 e. The average Bonchev–Trinajstić information content (AvgIpc) is 3.52. The number of benzene rings is 1. The Kier molecular flexibility index (Phi) is 5.57. The molecule has 9 nitrogen and oxygen atoms in total. The molecule has 5 rings (SSSR count). The van der Waals surface area contributed by atoms with Crippen LogP contribution in [0.25, 0.3) is 21.1 Å². The minimum absolute atomic E-state index is 0.0206. The van der Waals surface area contributed by atoms with E-state index < -0.39 is 5.97 Å². The van der Waals surface area contributed by atoms with Gasteiger partial charge >= 0.3 is 5.97 Å². The highest BCUT2D eigenvalue weighted by molar-refractivity contribution is 7.16. The van der Waals surface area contributed by atoms with E-state index in [2.05, 4.69) is 9.97 Å². The number of aromatic nitrogens is 4. The molecular weight excluding hydrogens is 444 g/mol. The topological polar surface area (TPSA) is 109 Å². The number of rotatable bonds is 7. The molecule has 0 aliphatic heterocycles. The van der Waals surface area contributed by atoms with Crippen LogP contribution in [0.4, 0.5) is 0 Å². The van der Waals surface area contributed by atoms with Gasteiger partial charge in [-0.1, -0.05) is 12.1 Å². The molecule has 0 spiro atoms. The zero-order valence-corrected chi connectivity index (χ0v) is 18.2. The molecular formula is C23H18N4O5S. The summed E-state index contributed by atoms with van der Waals surface area (Å²) in [4.78, 5) is 47.3. The zero-order chi connectivity index (χ0) is 22.8. The molecule has 33 heavy (non-hydrogen) atoms. The third-order valence-electron chi connectivity index (χ3n) is 5.20. The maximum Gasteiger partial charge on any atom is 0.308 e. The van der Waals surface area contributed by atoms with Gasteiger partial charge in [-0.05, 0) is 35.7 Å². The van der Waals surface area contributed by atoms with Gasteiger partial charge in [-0.15, -0.1) is 11.3 Å². The third kappa shape index (κ3) is 4.20. The second kappa shape index (κ2) is 8.83. The van der Waals surface area contributed by atoms with E-state index in [0.717, 1.165) is 0 Å². The van der Waals surface area contributed by atoms with E-state index in [0.29, 0.717) is 32.7 Å². The van der Waals surface area contributed by atoms with Crippen LogP contribution in [0.15, 0.2) is 74.4 Å². The van der Waals surface area contributed by atoms with Gasteiger partial charge in [-0.3, -0.25) is 23.5 Å². The van der Waals surface area contributed by atoms with Crippen LogP contribution in [-0.2, 0) is 29.2 Å². The molecule has 0 unspecified atom stereocenters. The number of thiophene rings is 1. The molecule has 5 aromatic rings. The average molecular weight is 462 g/mol. The maximum atomic E-state index is 13.0. The van der Waals surface area contributed by atoms with Crippen molar-refractivity contribution in [3.05, 3.63) is 92.7 Å². The van der Waals surface area contributed by atoms with Gasteiger partial charge in [-0.2, -0.15) is 0 Å². The van der Waals surface area contributed by atoms with Crippen LogP contribution in [0.3, 0.4) is 0 Å². The van der Waals surface area contributed by atoms with Crippen molar-refractivity contribution in [3.63, 3.8) is 0 Å². The number of hydrogen-bond acceptors (Lipinski definition) is 8. The Morgan fingerprint density at radius 1 is 1.06 bits per heavy atom. The van der Waals surface area contributed by atoms with E-state index in [1.807, 2.05) is 0 Å². The van der Waals surface area contributed by atoms with Crippen molar-refractivity contribution in [1.82, 2.24) is 19.1 Å². The number of ether oxygens (including phenoxy) is 1. The van der Waals surface area contributed by atoms with Crippen molar-refractivity contribution < 1.29 is 13.9 Å². The van der Waals surface area contributed by atoms with Gasteiger partial charge < -0.3 is 9.15 Å². The zero-order valence-electron chi connectivity index (χ0n) is 17.3. The SMILES string of the molecule is O=C(CCn1cnc2sccc2c1=O)OCc1nc2ccccc2c(=O)n1Cc1ccco1. The summed E-state index contributed by atoms with van der Waals surface area (Å²) < 4.78 is 13.6. The molecule has 0 fully saturated rings. The second-order valence-corrected chi connectivity index (χ2v) is 8.20. The Hall–Kier alpha value is -4.05. The number of nitrogens with zero attached hydrogens (tertiary/aromatic N) is 4. The van der Waals surface area contributed by atoms with E-state index in [1.54, 1.807) is 47.8 Å². The molecule has 0 saturated heterocycles. The minimum atomic E-state index is -0.515. The van der Waals surface area contributed by atoms with Crippen LogP contribution in [0.1, 0.15) is 18.0 Å². The van der Waals surface area contributed by atoms with E-state index in [-0.39, 0.29) is 37.2 Å². The fourth-order valence-electron chi connectivity index (χ4n) is 3.53. The van der Waals surface area contributed by atoms with Crippen molar-refractivity contribution >= 4 is 38.4 Å². The number of aryl methyl sites for hydroxylation is 1. The number of furan rings is 1. The van der Waals surface area contributed by atoms with Crippen LogP contribution >= 0.6 is 11.3 Å². The van der Waals surface area contributed by atoms with Crippen molar-refractivity contribution in [1.29, 1.82) is 0 Å². The number of hydrogen-bond donors (Lipinski definition) is 0. The van der Waals surface area contributed by atoms with Gasteiger partial charge in [0.15, 0.2) is 5.82 Å². The molecule has 4 aromatic heterocycles. The van der Waals surface area contributed by atoms with Gasteiger partial charge in [0.2, 0.25) is 0 Å². The van der Waals surface area contributed by atoms with E-state index in [4.69, 9.17) is 9.15 Å². The fraction of sp³-hybridized carbons (Fsp3) is 0.174. The van der Waals surface area contributed by atoms with Crippen LogP contribution in [0.2, 0.25) is 0 Å². The summed E-state index contributed by atoms with van der Waals surface area (Å²) in [6.45, 7) is 0.120. The number of fused-ring (bicyclic) bond motifs is 2. The highest BCUT2D eigenvalue weighted by Crippen LogP contribution is 2.14. The molecule has 4 heterocycles. The molecule has 0 bridgehead atoms. The Balaban J connectivity index is 1.33. The Labute approximate surface area is 190 Å². The summed E-state index contributed by atoms with van der Waals surface area (Å²) in [6, 6.07) is 12.2. The van der Waals surface area contributed by atoms with Gasteiger partial charge in [0, 0.05) is 6.54 Å². The highest BCUT2D eigenvalue weighted by atomic mass is 32.1. The highest BCUT2D eigenvalue weighted by Gasteiger charge is 2.15. The molecule has 0 aliphatic rings. The van der Waals surface area contributed by atoms with E-state index >= 15 is 0 Å². The summed E-state index contributed by atoms with van der Waals surface area (Å²) in [5.41, 5.74) is 0.0770. The summed E-state index contributed by atoms with van der Waals surface area (Å²) in [6.07, 6.45) is 2.94. The van der Waals surface area contributed by atoms with Gasteiger partial charge in [-0.25, -0.2) is 9.97 Å². The Morgan fingerprint density at radius 3 is 2.79 bits per heavy atom. The minimum Gasteiger partial charge on any atom is -0.467 e. The van der Waals surface area contributed by atoms with Crippen molar-refractivity contribution in [2.24, 2.45) is 0 Å². The normalized spacial score (nSPS) is 11.3. The molecule has 0 N–H and O–H groups in total. The Bertz CT molecular complexity index is 1570. The number of esters is 1. The first-order valence-corrected chi connectivity index (χ1v) is 11.1. The predicted molar refractivity (Wildman–Crippen MR) is 122 cm³/mol. The summed E-state index contributed by atoms with van der Waals surface area (Å²) >= 11 is 1.39. The number of carbonyl (C=O) groups is 1. The lowest BCUT2D eigenvalue weighted by atomic mass is 10.2. The van der Waals surface area contributed by atoms with Crippen molar-refractivity contribution in [2.45, 2.75) is 26.1 Å². The molecule has 0 atom stereocenters. The van der Waals surface area contributed by atoms with Crippen LogP contribution in [0, 0.1) is 0 Å². The standard InChI is InChI=1S/C23H18N4O5S/c28-20(7-9-26-14-24-21-17(22(26)29)8-11-33-21)32-13-19-25-18-6-2-1-5-16(18)23(30)27(19)12-15-4-3-10-31-15/h1-6,8,10-11,14H,7,9,12-13H2. The lowest BCUT2D eigenvalue weighted by Gasteiger charge is -2.13. The van der Waals surface area contributed by atoms with Crippen molar-refractivity contribution in [2.75, 3.05) is 0 Å². The monoisotopic (exact) mass is 462 g/mol. The first-order valence-electron chi connectivity index (χ1n) is 10.2. The van der Waals surface area contributed by atoms with Crippen LogP contribution < -0.4 is 11.1 Å². The van der Waals surface area contributed by atoms with Crippen molar-refractivity contribution in [3.8, 4) is 0 Å². The summed E-state index contributed by atoms with van der Waals surface area (Å²) in [5, 5.41) is 2.80. The molecule has 0 radical (unpaired) electrons. The number of para-hydroxylation sites is 1. The Morgan fingerprint density at radius 2 is 1.94 bits per heavy atom. The summed E-state index contributed by atoms with van der Waals surface area (Å²) in [5.74, 6) is 0.374. The second-order valence-electron chi connectivity index (χ2n) is 7.31. The lowest BCUT2D eigenvalue weighted by molar-refractivity contribution is -0.145. The molecule has 0 aliphatic carbocycles. The molecule has 0 amide bonds. The largest absolute Gasteiger partial charge is 0.467 e. The molecule has 1 aromatic carbocycles. The van der Waals surface area contributed by atoms with Gasteiger partial charge in [0.05, 0.1) is 41.8 Å². The van der Waals surface area contributed by atoms with Crippen LogP contribution in [-0.4, -0.2) is 25.1 Å². The molecule has 166 valence electrons. The summed E-state index contributed by atoms with van der Waals surface area (Å²) in [7, 11) is 0. The van der Waals surface area contributed by atoms with Gasteiger partial charge in [0.1, 0.15) is 17.2 Å².